The summed E-state index contributed by atoms with van der Waals surface area (Å²) < 4.78 is 0. The van der Waals surface area contributed by atoms with Crippen molar-refractivity contribution in [3.63, 3.8) is 0 Å². The molecule has 0 heterocycles. The van der Waals surface area contributed by atoms with Crippen molar-refractivity contribution in [3.8, 4) is 0 Å². The van der Waals surface area contributed by atoms with Crippen LogP contribution >= 0.6 is 11.6 Å². The Labute approximate surface area is 143 Å². The Hall–Kier alpha value is -1.55. The topological polar surface area (TPSA) is 58.2 Å². The third-order valence-electron chi connectivity index (χ3n) is 4.43. The lowest BCUT2D eigenvalue weighted by molar-refractivity contribution is -0.126. The van der Waals surface area contributed by atoms with Crippen LogP contribution in [0.15, 0.2) is 24.3 Å². The van der Waals surface area contributed by atoms with Crippen molar-refractivity contribution in [2.24, 2.45) is 5.92 Å². The van der Waals surface area contributed by atoms with E-state index < -0.39 is 0 Å². The molecule has 1 fully saturated rings. The van der Waals surface area contributed by atoms with Gasteiger partial charge in [0.05, 0.1) is 12.6 Å². The van der Waals surface area contributed by atoms with Gasteiger partial charge in [-0.15, -0.1) is 0 Å². The molecule has 0 bridgehead atoms. The Bertz CT molecular complexity index is 542. The molecule has 2 rings (SSSR count). The molecule has 0 aromatic heterocycles. The zero-order valence-corrected chi connectivity index (χ0v) is 14.4. The third kappa shape index (κ3) is 6.22. The van der Waals surface area contributed by atoms with Crippen LogP contribution in [0.25, 0.3) is 0 Å². The second kappa shape index (κ2) is 8.92. The molecule has 1 atom stereocenters. The summed E-state index contributed by atoms with van der Waals surface area (Å²) in [4.78, 5) is 23.7. The monoisotopic (exact) mass is 336 g/mol. The maximum atomic E-state index is 11.9. The fourth-order valence-electron chi connectivity index (χ4n) is 3.05. The average molecular weight is 337 g/mol. The van der Waals surface area contributed by atoms with Gasteiger partial charge >= 0.3 is 0 Å². The maximum absolute atomic E-state index is 11.9. The van der Waals surface area contributed by atoms with Gasteiger partial charge in [-0.25, -0.2) is 0 Å². The zero-order valence-electron chi connectivity index (χ0n) is 13.6. The molecule has 0 saturated heterocycles. The summed E-state index contributed by atoms with van der Waals surface area (Å²) in [6.45, 7) is 1.92. The van der Waals surface area contributed by atoms with Crippen LogP contribution in [0, 0.1) is 5.92 Å². The number of carbonyl (C=O) groups excluding carboxylic acids is 2. The Morgan fingerprint density at radius 2 is 2.00 bits per heavy atom. The summed E-state index contributed by atoms with van der Waals surface area (Å²) in [5, 5.41) is 6.20. The minimum Gasteiger partial charge on any atom is -0.348 e. The summed E-state index contributed by atoms with van der Waals surface area (Å²) in [6, 6.07) is 7.25. The second-order valence-electron chi connectivity index (χ2n) is 6.31. The van der Waals surface area contributed by atoms with Gasteiger partial charge < -0.3 is 10.6 Å². The van der Waals surface area contributed by atoms with Crippen LogP contribution in [0.3, 0.4) is 0 Å². The fraction of sp³-hybridized carbons (Fsp3) is 0.556. The molecule has 1 saturated carbocycles. The van der Waals surface area contributed by atoms with Crippen LogP contribution in [0.4, 0.5) is 0 Å². The van der Waals surface area contributed by atoms with Crippen LogP contribution in [-0.4, -0.2) is 18.4 Å². The zero-order chi connectivity index (χ0) is 16.7. The van der Waals surface area contributed by atoms with E-state index in [0.29, 0.717) is 17.4 Å². The van der Waals surface area contributed by atoms with E-state index in [1.54, 1.807) is 6.07 Å². The molecule has 0 spiro atoms. The minimum atomic E-state index is -0.188. The predicted molar refractivity (Wildman–Crippen MR) is 92.2 cm³/mol. The number of amides is 2. The summed E-state index contributed by atoms with van der Waals surface area (Å²) in [5.41, 5.74) is 0.943. The van der Waals surface area contributed by atoms with E-state index in [1.807, 2.05) is 25.1 Å². The molecular formula is C18H25ClN2O2. The van der Waals surface area contributed by atoms with Gasteiger partial charge in [0, 0.05) is 11.4 Å². The number of benzene rings is 1. The number of hydrogen-bond donors (Lipinski definition) is 2. The van der Waals surface area contributed by atoms with Gasteiger partial charge in [-0.2, -0.15) is 0 Å². The van der Waals surface area contributed by atoms with Gasteiger partial charge in [0.15, 0.2) is 0 Å². The van der Waals surface area contributed by atoms with Gasteiger partial charge in [0.1, 0.15) is 0 Å². The molecule has 5 heteroatoms. The van der Waals surface area contributed by atoms with Gasteiger partial charge in [-0.1, -0.05) is 49.4 Å². The summed E-state index contributed by atoms with van der Waals surface area (Å²) in [7, 11) is 0. The van der Waals surface area contributed by atoms with Crippen molar-refractivity contribution < 1.29 is 9.59 Å². The molecule has 1 aliphatic carbocycles. The Morgan fingerprint density at radius 1 is 1.26 bits per heavy atom. The highest BCUT2D eigenvalue weighted by molar-refractivity contribution is 6.30. The third-order valence-corrected chi connectivity index (χ3v) is 4.66. The lowest BCUT2D eigenvalue weighted by Crippen LogP contribution is -2.38. The van der Waals surface area contributed by atoms with Crippen molar-refractivity contribution in [2.45, 2.75) is 51.5 Å². The minimum absolute atomic E-state index is 0.0222. The Morgan fingerprint density at radius 3 is 2.70 bits per heavy atom. The average Bonchev–Trinajstić information content (AvgIpc) is 3.04. The van der Waals surface area contributed by atoms with Crippen molar-refractivity contribution in [2.75, 3.05) is 6.54 Å². The lowest BCUT2D eigenvalue weighted by Gasteiger charge is -2.15. The molecule has 0 aliphatic heterocycles. The first kappa shape index (κ1) is 17.8. The molecule has 1 aromatic rings. The number of nitrogens with one attached hydrogen (secondary N) is 2. The van der Waals surface area contributed by atoms with E-state index in [0.717, 1.165) is 12.0 Å². The molecule has 1 aromatic carbocycles. The smallest absolute Gasteiger partial charge is 0.239 e. The van der Waals surface area contributed by atoms with Crippen molar-refractivity contribution >= 4 is 23.4 Å². The molecule has 4 nitrogen and oxygen atoms in total. The van der Waals surface area contributed by atoms with Gasteiger partial charge in [-0.3, -0.25) is 9.59 Å². The van der Waals surface area contributed by atoms with E-state index >= 15 is 0 Å². The number of rotatable bonds is 7. The highest BCUT2D eigenvalue weighted by Crippen LogP contribution is 2.28. The molecule has 126 valence electrons. The Balaban J connectivity index is 1.66. The number of carbonyl (C=O) groups is 2. The highest BCUT2D eigenvalue weighted by Gasteiger charge is 2.16. The van der Waals surface area contributed by atoms with Crippen LogP contribution < -0.4 is 10.6 Å². The summed E-state index contributed by atoms with van der Waals surface area (Å²) in [6.07, 6.45) is 6.51. The molecule has 23 heavy (non-hydrogen) atoms. The summed E-state index contributed by atoms with van der Waals surface area (Å²) >= 11 is 5.95. The molecular weight excluding hydrogens is 312 g/mol. The first-order valence-corrected chi connectivity index (χ1v) is 8.74. The second-order valence-corrected chi connectivity index (χ2v) is 6.75. The van der Waals surface area contributed by atoms with E-state index in [2.05, 4.69) is 10.6 Å². The predicted octanol–water partition coefficient (Wildman–Crippen LogP) is 3.60. The Kier molecular flexibility index (Phi) is 6.90. The largest absolute Gasteiger partial charge is 0.348 e. The van der Waals surface area contributed by atoms with Gasteiger partial charge in [0.2, 0.25) is 11.8 Å². The standard InChI is InChI=1S/C18H25ClN2O2/c1-13(15-7-4-8-16(19)11-15)21-18(23)12-20-17(22)10-9-14-5-2-3-6-14/h4,7-8,11,13-14H,2-3,5-6,9-10,12H2,1H3,(H,20,22)(H,21,23)/t13-/m1/s1. The van der Waals surface area contributed by atoms with Crippen LogP contribution in [-0.2, 0) is 9.59 Å². The first-order chi connectivity index (χ1) is 11.0. The van der Waals surface area contributed by atoms with Crippen LogP contribution in [0.5, 0.6) is 0 Å². The highest BCUT2D eigenvalue weighted by atomic mass is 35.5. The van der Waals surface area contributed by atoms with Crippen LogP contribution in [0.1, 0.15) is 57.1 Å². The normalized spacial score (nSPS) is 16.1. The summed E-state index contributed by atoms with van der Waals surface area (Å²) in [5.74, 6) is 0.464. The maximum Gasteiger partial charge on any atom is 0.239 e. The van der Waals surface area contributed by atoms with E-state index in [1.165, 1.54) is 25.7 Å². The lowest BCUT2D eigenvalue weighted by atomic mass is 10.0. The van der Waals surface area contributed by atoms with Crippen molar-refractivity contribution in [1.29, 1.82) is 0 Å². The van der Waals surface area contributed by atoms with Crippen LogP contribution in [0.2, 0.25) is 5.02 Å². The van der Waals surface area contributed by atoms with Crippen molar-refractivity contribution in [3.05, 3.63) is 34.9 Å². The van der Waals surface area contributed by atoms with Crippen molar-refractivity contribution in [1.82, 2.24) is 10.6 Å². The van der Waals surface area contributed by atoms with Gasteiger partial charge in [0.25, 0.3) is 0 Å². The quantitative estimate of drug-likeness (QED) is 0.799. The SMILES string of the molecule is C[C@@H](NC(=O)CNC(=O)CCC1CCCC1)c1cccc(Cl)c1. The molecule has 0 unspecified atom stereocenters. The molecule has 1 aliphatic rings. The number of hydrogen-bond acceptors (Lipinski definition) is 2. The van der Waals surface area contributed by atoms with E-state index in [4.69, 9.17) is 11.6 Å². The molecule has 2 amide bonds. The fourth-order valence-corrected chi connectivity index (χ4v) is 3.25. The van der Waals surface area contributed by atoms with E-state index in [9.17, 15) is 9.59 Å². The molecule has 0 radical (unpaired) electrons. The first-order valence-electron chi connectivity index (χ1n) is 8.36. The molecule has 2 N–H and O–H groups in total. The van der Waals surface area contributed by atoms with Gasteiger partial charge in [-0.05, 0) is 37.0 Å². The number of halogens is 1. The van der Waals surface area contributed by atoms with E-state index in [-0.39, 0.29) is 24.4 Å².